The maximum Gasteiger partial charge on any atom is 0.316 e. The first-order valence-electron chi connectivity index (χ1n) is 10.9. The SMILES string of the molecule is CN(C)C(=O)NCCN(CCCN1C(=O)c2cccc3cc4ccccc4c(c23)C1=O)[N+](=O)[O-]. The smallest absolute Gasteiger partial charge is 0.316 e. The molecule has 10 nitrogen and oxygen atoms in total. The Labute approximate surface area is 195 Å². The highest BCUT2D eigenvalue weighted by Crippen LogP contribution is 2.35. The van der Waals surface area contributed by atoms with Gasteiger partial charge in [0.25, 0.3) is 11.8 Å². The van der Waals surface area contributed by atoms with E-state index in [1.165, 1.54) is 9.80 Å². The number of hydrazine groups is 1. The Kier molecular flexibility index (Phi) is 6.31. The van der Waals surface area contributed by atoms with Crippen molar-refractivity contribution in [1.82, 2.24) is 20.1 Å². The van der Waals surface area contributed by atoms with E-state index in [-0.39, 0.29) is 38.6 Å². The number of imide groups is 1. The molecule has 4 rings (SSSR count). The Hall–Kier alpha value is -4.21. The second-order valence-electron chi connectivity index (χ2n) is 8.31. The van der Waals surface area contributed by atoms with Gasteiger partial charge in [0.15, 0.2) is 5.03 Å². The van der Waals surface area contributed by atoms with E-state index in [9.17, 15) is 24.5 Å². The molecule has 1 N–H and O–H groups in total. The number of benzene rings is 3. The molecular weight excluding hydrogens is 438 g/mol. The molecule has 3 aromatic carbocycles. The molecule has 0 aromatic heterocycles. The van der Waals surface area contributed by atoms with Gasteiger partial charge in [0, 0.05) is 38.1 Å². The molecule has 4 amide bonds. The first kappa shape index (κ1) is 23.0. The molecule has 3 aromatic rings. The molecule has 0 spiro atoms. The normalized spacial score (nSPS) is 12.8. The first-order chi connectivity index (χ1) is 16.3. The van der Waals surface area contributed by atoms with Crippen LogP contribution in [0.15, 0.2) is 48.5 Å². The summed E-state index contributed by atoms with van der Waals surface area (Å²) < 4.78 is 0. The lowest BCUT2D eigenvalue weighted by molar-refractivity contribution is -0.655. The highest BCUT2D eigenvalue weighted by Gasteiger charge is 2.34. The lowest BCUT2D eigenvalue weighted by Crippen LogP contribution is -2.44. The Morgan fingerprint density at radius 2 is 1.76 bits per heavy atom. The zero-order valence-corrected chi connectivity index (χ0v) is 19.0. The average Bonchev–Trinajstić information content (AvgIpc) is 2.81. The fourth-order valence-electron chi connectivity index (χ4n) is 4.23. The highest BCUT2D eigenvalue weighted by atomic mass is 16.7. The van der Waals surface area contributed by atoms with E-state index >= 15 is 0 Å². The van der Waals surface area contributed by atoms with E-state index < -0.39 is 16.8 Å². The number of urea groups is 1. The summed E-state index contributed by atoms with van der Waals surface area (Å²) >= 11 is 0. The van der Waals surface area contributed by atoms with E-state index in [1.807, 2.05) is 36.4 Å². The first-order valence-corrected chi connectivity index (χ1v) is 10.9. The van der Waals surface area contributed by atoms with Crippen molar-refractivity contribution in [3.63, 3.8) is 0 Å². The van der Waals surface area contributed by atoms with Crippen LogP contribution >= 0.6 is 0 Å². The van der Waals surface area contributed by atoms with Gasteiger partial charge in [0.2, 0.25) is 0 Å². The van der Waals surface area contributed by atoms with E-state index in [1.54, 1.807) is 26.2 Å². The number of nitro groups is 1. The van der Waals surface area contributed by atoms with Crippen LogP contribution in [0.4, 0.5) is 4.79 Å². The number of carbonyl (C=O) groups excluding carboxylic acids is 3. The van der Waals surface area contributed by atoms with Gasteiger partial charge in [0.1, 0.15) is 0 Å². The van der Waals surface area contributed by atoms with Crippen molar-refractivity contribution in [2.45, 2.75) is 6.42 Å². The molecule has 0 saturated heterocycles. The maximum absolute atomic E-state index is 13.5. The van der Waals surface area contributed by atoms with Gasteiger partial charge in [-0.2, -0.15) is 0 Å². The van der Waals surface area contributed by atoms with E-state index in [0.29, 0.717) is 16.5 Å². The van der Waals surface area contributed by atoms with Gasteiger partial charge in [-0.15, -0.1) is 5.01 Å². The van der Waals surface area contributed by atoms with E-state index in [2.05, 4.69) is 5.32 Å². The summed E-state index contributed by atoms with van der Waals surface area (Å²) in [6, 6.07) is 14.6. The number of fused-ring (bicyclic) bond motifs is 2. The number of carbonyl (C=O) groups is 3. The number of rotatable bonds is 8. The quantitative estimate of drug-likeness (QED) is 0.238. The fourth-order valence-corrected chi connectivity index (χ4v) is 4.23. The summed E-state index contributed by atoms with van der Waals surface area (Å²) in [5, 5.41) is 17.6. The zero-order valence-electron chi connectivity index (χ0n) is 19.0. The average molecular weight is 463 g/mol. The van der Waals surface area contributed by atoms with Gasteiger partial charge in [-0.25, -0.2) is 14.9 Å². The number of hydrogen-bond acceptors (Lipinski definition) is 5. The largest absolute Gasteiger partial charge is 0.336 e. The minimum atomic E-state index is -0.537. The van der Waals surface area contributed by atoms with Crippen molar-refractivity contribution >= 4 is 39.4 Å². The molecule has 10 heteroatoms. The van der Waals surface area contributed by atoms with Gasteiger partial charge in [-0.3, -0.25) is 14.5 Å². The molecule has 0 aliphatic carbocycles. The van der Waals surface area contributed by atoms with Crippen molar-refractivity contribution in [1.29, 1.82) is 0 Å². The summed E-state index contributed by atoms with van der Waals surface area (Å²) in [5.41, 5.74) is 0.941. The third-order valence-corrected chi connectivity index (χ3v) is 5.90. The van der Waals surface area contributed by atoms with Crippen molar-refractivity contribution in [3.8, 4) is 0 Å². The third-order valence-electron chi connectivity index (χ3n) is 5.90. The lowest BCUT2D eigenvalue weighted by Gasteiger charge is -2.28. The number of nitrogens with one attached hydrogen (secondary N) is 1. The minimum absolute atomic E-state index is 0.00124. The van der Waals surface area contributed by atoms with Crippen LogP contribution < -0.4 is 5.32 Å². The lowest BCUT2D eigenvalue weighted by atomic mass is 9.89. The fraction of sp³-hybridized carbons (Fsp3) is 0.292. The third kappa shape index (κ3) is 4.21. The van der Waals surface area contributed by atoms with Crippen molar-refractivity contribution in [2.75, 3.05) is 40.3 Å². The maximum atomic E-state index is 13.5. The van der Waals surface area contributed by atoms with Crippen LogP contribution in [-0.2, 0) is 0 Å². The Morgan fingerprint density at radius 3 is 2.50 bits per heavy atom. The van der Waals surface area contributed by atoms with Crippen LogP contribution in [0.1, 0.15) is 27.1 Å². The van der Waals surface area contributed by atoms with Crippen LogP contribution in [0.3, 0.4) is 0 Å². The summed E-state index contributed by atoms with van der Waals surface area (Å²) in [6.07, 6.45) is 0.218. The summed E-state index contributed by atoms with van der Waals surface area (Å²) in [7, 11) is 3.16. The Balaban J connectivity index is 1.51. The van der Waals surface area contributed by atoms with E-state index in [0.717, 1.165) is 21.2 Å². The molecule has 0 bridgehead atoms. The standard InChI is InChI=1S/C24H25N5O5/c1-26(2)24(32)25-11-14-27(29(33)34)12-6-13-28-22(30)19-10-5-8-17-15-16-7-3-4-9-18(16)21(20(17)19)23(28)31/h3-5,7-10,15H,6,11-14H2,1-2H3,(H,25,32). The number of amides is 4. The summed E-state index contributed by atoms with van der Waals surface area (Å²) in [4.78, 5) is 52.2. The number of nitrogens with zero attached hydrogens (tertiary/aromatic N) is 4. The molecule has 34 heavy (non-hydrogen) atoms. The summed E-state index contributed by atoms with van der Waals surface area (Å²) in [5.74, 6) is -0.791. The van der Waals surface area contributed by atoms with Crippen LogP contribution in [0.5, 0.6) is 0 Å². The van der Waals surface area contributed by atoms with Crippen LogP contribution in [0, 0.1) is 10.1 Å². The van der Waals surface area contributed by atoms with Crippen LogP contribution in [0.25, 0.3) is 21.5 Å². The van der Waals surface area contributed by atoms with Crippen LogP contribution in [-0.4, -0.2) is 78.0 Å². The molecule has 1 aliphatic rings. The zero-order chi connectivity index (χ0) is 24.4. The number of hydrogen-bond donors (Lipinski definition) is 1. The predicted molar refractivity (Wildman–Crippen MR) is 127 cm³/mol. The molecule has 1 aliphatic heterocycles. The summed E-state index contributed by atoms with van der Waals surface area (Å²) in [6.45, 7) is 0.168. The predicted octanol–water partition coefficient (Wildman–Crippen LogP) is 2.74. The molecule has 0 atom stereocenters. The molecule has 0 saturated carbocycles. The van der Waals surface area contributed by atoms with Crippen molar-refractivity contribution < 1.29 is 19.4 Å². The molecule has 0 fully saturated rings. The van der Waals surface area contributed by atoms with E-state index in [4.69, 9.17) is 0 Å². The minimum Gasteiger partial charge on any atom is -0.336 e. The Bertz CT molecular complexity index is 1310. The highest BCUT2D eigenvalue weighted by molar-refractivity contribution is 6.30. The Morgan fingerprint density at radius 1 is 1.03 bits per heavy atom. The van der Waals surface area contributed by atoms with Gasteiger partial charge >= 0.3 is 6.03 Å². The van der Waals surface area contributed by atoms with Crippen molar-refractivity contribution in [2.24, 2.45) is 0 Å². The molecular formula is C24H25N5O5. The second-order valence-corrected chi connectivity index (χ2v) is 8.31. The monoisotopic (exact) mass is 463 g/mol. The topological polar surface area (TPSA) is 116 Å². The van der Waals surface area contributed by atoms with Gasteiger partial charge < -0.3 is 10.2 Å². The van der Waals surface area contributed by atoms with Gasteiger partial charge in [-0.05, 0) is 34.7 Å². The van der Waals surface area contributed by atoms with Crippen LogP contribution in [0.2, 0.25) is 0 Å². The van der Waals surface area contributed by atoms with Crippen molar-refractivity contribution in [3.05, 3.63) is 69.8 Å². The molecule has 0 unspecified atom stereocenters. The molecule has 176 valence electrons. The molecule has 0 radical (unpaired) electrons. The second kappa shape index (κ2) is 9.34. The molecule has 1 heterocycles. The van der Waals surface area contributed by atoms with Gasteiger partial charge in [0.05, 0.1) is 18.7 Å². The van der Waals surface area contributed by atoms with Gasteiger partial charge in [-0.1, -0.05) is 36.4 Å².